The second-order valence-corrected chi connectivity index (χ2v) is 7.37. The highest BCUT2D eigenvalue weighted by Gasteiger charge is 2.13. The van der Waals surface area contributed by atoms with Crippen molar-refractivity contribution in [2.24, 2.45) is 0 Å². The first-order valence-corrected chi connectivity index (χ1v) is 11.0. The number of hydrogen-bond donors (Lipinski definition) is 2. The first-order valence-electron chi connectivity index (χ1n) is 11.0. The Labute approximate surface area is 204 Å². The average molecular weight is 485 g/mol. The van der Waals surface area contributed by atoms with E-state index >= 15 is 0 Å². The van der Waals surface area contributed by atoms with Gasteiger partial charge in [0.25, 0.3) is 0 Å². The van der Waals surface area contributed by atoms with E-state index in [-0.39, 0.29) is 20.4 Å². The third kappa shape index (κ3) is 6.75. The van der Waals surface area contributed by atoms with Crippen molar-refractivity contribution >= 4 is 23.2 Å². The Morgan fingerprint density at radius 2 is 1.71 bits per heavy atom. The third-order valence-corrected chi connectivity index (χ3v) is 4.88. The van der Waals surface area contributed by atoms with E-state index in [1.54, 1.807) is 42.5 Å². The number of nitrogens with one attached hydrogen (secondary N) is 2. The van der Waals surface area contributed by atoms with Crippen LogP contribution in [-0.4, -0.2) is 55.5 Å². The summed E-state index contributed by atoms with van der Waals surface area (Å²) in [6.07, 6.45) is 2.24. The summed E-state index contributed by atoms with van der Waals surface area (Å²) in [5.41, 5.74) is 1.68. The highest BCUT2D eigenvalue weighted by Crippen LogP contribution is 2.32. The minimum atomic E-state index is -0.598. The van der Waals surface area contributed by atoms with E-state index in [1.165, 1.54) is 0 Å². The maximum Gasteiger partial charge on any atom is 0.247 e. The number of hydrogen-bond acceptors (Lipinski definition) is 8. The van der Waals surface area contributed by atoms with Gasteiger partial charge < -0.3 is 29.6 Å². The molecule has 1 aliphatic rings. The predicted octanol–water partition coefficient (Wildman–Crippen LogP) is 4.45. The summed E-state index contributed by atoms with van der Waals surface area (Å²) in [5, 5.41) is 5.72. The molecule has 0 aliphatic carbocycles. The highest BCUT2D eigenvalue weighted by atomic mass is 19.1. The molecule has 2 heterocycles. The minimum Gasteiger partial charge on any atom is -0.487 e. The van der Waals surface area contributed by atoms with E-state index in [1.807, 2.05) is 0 Å². The van der Waals surface area contributed by atoms with Crippen molar-refractivity contribution in [2.75, 3.05) is 50.3 Å². The van der Waals surface area contributed by atoms with Gasteiger partial charge in [0.05, 0.1) is 32.6 Å². The molecule has 0 fully saturated rings. The number of halogens is 1. The van der Waals surface area contributed by atoms with E-state index in [9.17, 15) is 9.18 Å². The topological polar surface area (TPSA) is 104 Å². The molecule has 0 saturated carbocycles. The third-order valence-electron chi connectivity index (χ3n) is 4.88. The van der Waals surface area contributed by atoms with Gasteiger partial charge in [-0.2, -0.15) is 0 Å². The van der Waals surface area contributed by atoms with Crippen molar-refractivity contribution in [1.82, 2.24) is 9.97 Å². The van der Waals surface area contributed by atoms with Crippen LogP contribution in [0, 0.1) is 5.82 Å². The van der Waals surface area contributed by atoms with Crippen LogP contribution in [0.4, 0.5) is 21.7 Å². The summed E-state index contributed by atoms with van der Waals surface area (Å²) in [6.45, 7) is 5.99. The van der Waals surface area contributed by atoms with Crippen molar-refractivity contribution in [2.45, 2.75) is 0 Å². The van der Waals surface area contributed by atoms with E-state index in [2.05, 4.69) is 27.2 Å². The molecule has 1 aromatic heterocycles. The molecule has 2 aromatic carbocycles. The fourth-order valence-corrected chi connectivity index (χ4v) is 3.26. The number of benzene rings is 2. The minimum absolute atomic E-state index is 0. The number of rotatable bonds is 5. The van der Waals surface area contributed by atoms with Gasteiger partial charge >= 0.3 is 0 Å². The molecule has 9 nitrogen and oxygen atoms in total. The summed E-state index contributed by atoms with van der Waals surface area (Å²) in [5.74, 6) is 0.312. The monoisotopic (exact) mass is 484 g/mol. The quantitative estimate of drug-likeness (QED) is 0.512. The maximum absolute atomic E-state index is 14.6. The normalized spacial score (nSPS) is 14.2. The molecule has 0 unspecified atom stereocenters. The number of carbonyl (C=O) groups excluding carboxylic acids is 1. The molecule has 0 atom stereocenters. The molecule has 186 valence electrons. The second-order valence-electron chi connectivity index (χ2n) is 7.37. The van der Waals surface area contributed by atoms with E-state index in [0.717, 1.165) is 12.3 Å². The molecule has 2 N–H and O–H groups in total. The lowest BCUT2D eigenvalue weighted by Gasteiger charge is -2.16. The van der Waals surface area contributed by atoms with Crippen LogP contribution < -0.4 is 20.1 Å². The number of ether oxygens (including phenoxy) is 4. The molecule has 35 heavy (non-hydrogen) atoms. The Balaban J connectivity index is 0.00000241. The Kier molecular flexibility index (Phi) is 8.21. The molecule has 1 aliphatic heterocycles. The van der Waals surface area contributed by atoms with Crippen LogP contribution in [0.1, 0.15) is 2.85 Å². The van der Waals surface area contributed by atoms with Gasteiger partial charge in [0.2, 0.25) is 11.9 Å². The van der Waals surface area contributed by atoms with Crippen LogP contribution in [0.3, 0.4) is 0 Å². The van der Waals surface area contributed by atoms with Gasteiger partial charge in [0, 0.05) is 25.9 Å². The van der Waals surface area contributed by atoms with Crippen LogP contribution in [0.15, 0.2) is 61.3 Å². The largest absolute Gasteiger partial charge is 0.487 e. The van der Waals surface area contributed by atoms with Crippen LogP contribution in [-0.2, 0) is 14.3 Å². The summed E-state index contributed by atoms with van der Waals surface area (Å²) in [4.78, 5) is 20.0. The van der Waals surface area contributed by atoms with Gasteiger partial charge in [0.15, 0.2) is 17.3 Å². The van der Waals surface area contributed by atoms with Crippen molar-refractivity contribution in [3.63, 3.8) is 0 Å². The smallest absolute Gasteiger partial charge is 0.247 e. The number of anilines is 3. The van der Waals surface area contributed by atoms with Gasteiger partial charge in [-0.05, 0) is 30.3 Å². The zero-order valence-electron chi connectivity index (χ0n) is 19.0. The molecule has 3 aromatic rings. The molecule has 4 rings (SSSR count). The van der Waals surface area contributed by atoms with Crippen LogP contribution >= 0.6 is 0 Å². The molecule has 0 saturated heterocycles. The van der Waals surface area contributed by atoms with Gasteiger partial charge in [-0.15, -0.1) is 0 Å². The summed E-state index contributed by atoms with van der Waals surface area (Å²) < 4.78 is 37.1. The Bertz CT molecular complexity index is 1200. The first-order chi connectivity index (χ1) is 17.1. The molecule has 0 spiro atoms. The fourth-order valence-electron chi connectivity index (χ4n) is 3.26. The average Bonchev–Trinajstić information content (AvgIpc) is 2.86. The number of aromatic nitrogens is 2. The lowest BCUT2D eigenvalue weighted by molar-refractivity contribution is -0.111. The Morgan fingerprint density at radius 1 is 0.971 bits per heavy atom. The predicted molar refractivity (Wildman–Crippen MR) is 133 cm³/mol. The second kappa shape index (κ2) is 11.9. The standard InChI is InChI=1S/C25H25FN4O5.2H2/c1-2-23(31)28-18-5-3-4-17(14-18)24-20(26)16-27-25(30-24)29-19-6-7-21-22(15-19)35-13-11-33-9-8-32-10-12-34-21;;/h2-7,14-16H,1,8-13H2,(H,28,31)(H,27,29,30);2*1H. The van der Waals surface area contributed by atoms with E-state index in [4.69, 9.17) is 18.9 Å². The molecule has 1 amide bonds. The Morgan fingerprint density at radius 3 is 2.49 bits per heavy atom. The Hall–Kier alpha value is -4.02. The van der Waals surface area contributed by atoms with Crippen LogP contribution in [0.2, 0.25) is 0 Å². The zero-order chi connectivity index (χ0) is 24.5. The van der Waals surface area contributed by atoms with E-state index < -0.39 is 5.82 Å². The molecule has 0 radical (unpaired) electrons. The van der Waals surface area contributed by atoms with Gasteiger partial charge in [-0.25, -0.2) is 14.4 Å². The first kappa shape index (κ1) is 24.1. The van der Waals surface area contributed by atoms with Crippen molar-refractivity contribution in [1.29, 1.82) is 0 Å². The van der Waals surface area contributed by atoms with Crippen LogP contribution in [0.25, 0.3) is 11.3 Å². The number of carbonyl (C=O) groups is 1. The van der Waals surface area contributed by atoms with Crippen LogP contribution in [0.5, 0.6) is 11.5 Å². The van der Waals surface area contributed by atoms with Gasteiger partial charge in [-0.1, -0.05) is 18.7 Å². The number of amides is 1. The molecule has 0 bridgehead atoms. The molecular weight excluding hydrogens is 455 g/mol. The van der Waals surface area contributed by atoms with Gasteiger partial charge in [-0.3, -0.25) is 4.79 Å². The summed E-state index contributed by atoms with van der Waals surface area (Å²) in [7, 11) is 0. The lowest BCUT2D eigenvalue weighted by atomic mass is 10.1. The molecular formula is C25H29FN4O5. The fraction of sp³-hybridized carbons (Fsp3) is 0.240. The SMILES string of the molecule is C=CC(=O)Nc1cccc(-c2nc(Nc3ccc4c(c3)OCCOCCOCCO4)ncc2F)c1.[HH].[HH]. The lowest BCUT2D eigenvalue weighted by Crippen LogP contribution is -2.15. The van der Waals surface area contributed by atoms with Gasteiger partial charge in [0.1, 0.15) is 18.9 Å². The zero-order valence-corrected chi connectivity index (χ0v) is 19.0. The number of fused-ring (bicyclic) bond motifs is 1. The van der Waals surface area contributed by atoms with Crippen molar-refractivity contribution in [3.05, 3.63) is 67.1 Å². The van der Waals surface area contributed by atoms with Crippen molar-refractivity contribution in [3.8, 4) is 22.8 Å². The van der Waals surface area contributed by atoms with Crippen molar-refractivity contribution < 1.29 is 31.0 Å². The molecule has 10 heteroatoms. The summed E-state index contributed by atoms with van der Waals surface area (Å²) >= 11 is 0. The maximum atomic E-state index is 14.6. The summed E-state index contributed by atoms with van der Waals surface area (Å²) in [6, 6.07) is 12.0. The number of nitrogens with zero attached hydrogens (tertiary/aromatic N) is 2. The van der Waals surface area contributed by atoms with E-state index in [0.29, 0.717) is 68.1 Å². The highest BCUT2D eigenvalue weighted by molar-refractivity contribution is 5.99.